The molecule has 0 aromatic heterocycles. The van der Waals surface area contributed by atoms with Crippen LogP contribution in [0.25, 0.3) is 0 Å². The maximum absolute atomic E-state index is 10.2. The van der Waals surface area contributed by atoms with Crippen molar-refractivity contribution in [1.82, 2.24) is 0 Å². The summed E-state index contributed by atoms with van der Waals surface area (Å²) in [5.41, 5.74) is 3.66. The predicted octanol–water partition coefficient (Wildman–Crippen LogP) is 7.04. The first-order chi connectivity index (χ1) is 12.3. The highest BCUT2D eigenvalue weighted by Crippen LogP contribution is 2.42. The van der Waals surface area contributed by atoms with E-state index in [9.17, 15) is 10.2 Å². The van der Waals surface area contributed by atoms with Gasteiger partial charge < -0.3 is 10.2 Å². The van der Waals surface area contributed by atoms with Gasteiger partial charge in [0.2, 0.25) is 0 Å². The molecule has 2 N–H and O–H groups in total. The second-order valence-corrected chi connectivity index (χ2v) is 10.7. The first-order valence-corrected chi connectivity index (χ1v) is 10.5. The zero-order chi connectivity index (χ0) is 20.6. The van der Waals surface area contributed by atoms with Crippen molar-refractivity contribution in [3.8, 4) is 11.5 Å². The predicted molar refractivity (Wildman–Crippen MR) is 116 cm³/mol. The van der Waals surface area contributed by atoms with E-state index >= 15 is 0 Å². The number of hydrogen-bond acceptors (Lipinski definition) is 5. The van der Waals surface area contributed by atoms with E-state index in [0.717, 1.165) is 32.0 Å². The maximum atomic E-state index is 10.2. The van der Waals surface area contributed by atoms with Crippen LogP contribution in [0.15, 0.2) is 34.1 Å². The van der Waals surface area contributed by atoms with Crippen molar-refractivity contribution in [2.75, 3.05) is 0 Å². The molecule has 3 nitrogen and oxygen atoms in total. The molecule has 0 unspecified atom stereocenters. The quantitative estimate of drug-likeness (QED) is 0.533. The summed E-state index contributed by atoms with van der Waals surface area (Å²) in [6.45, 7) is 16.6. The highest BCUT2D eigenvalue weighted by Gasteiger charge is 2.24. The SMILES string of the molecule is Cc1c(SOSc2ccc(O)c(C(C)(C)C)c2C)ccc(O)c1C(C)(C)C. The van der Waals surface area contributed by atoms with Gasteiger partial charge in [-0.3, -0.25) is 0 Å². The first-order valence-electron chi connectivity index (χ1n) is 9.01. The standard InChI is InChI=1S/C22H30O3S2/c1-13-17(11-9-15(23)19(13)21(3,4)5)26-25-27-18-12-10-16(24)20(14(18)2)22(6,7)8/h9-12,23-24H,1-8H3. The third-order valence-electron chi connectivity index (χ3n) is 4.53. The third-order valence-corrected chi connectivity index (χ3v) is 6.32. The fourth-order valence-electron chi connectivity index (χ4n) is 3.52. The molecule has 27 heavy (non-hydrogen) atoms. The summed E-state index contributed by atoms with van der Waals surface area (Å²) in [5, 5.41) is 20.5. The van der Waals surface area contributed by atoms with Crippen LogP contribution in [0.5, 0.6) is 11.5 Å². The van der Waals surface area contributed by atoms with Crippen molar-refractivity contribution < 1.29 is 13.8 Å². The minimum Gasteiger partial charge on any atom is -0.508 e. The number of aromatic hydroxyl groups is 2. The Morgan fingerprint density at radius 1 is 0.667 bits per heavy atom. The van der Waals surface area contributed by atoms with Crippen LogP contribution in [0.2, 0.25) is 0 Å². The van der Waals surface area contributed by atoms with E-state index in [4.69, 9.17) is 3.63 Å². The van der Waals surface area contributed by atoms with E-state index < -0.39 is 0 Å². The Morgan fingerprint density at radius 2 is 1.00 bits per heavy atom. The average Bonchev–Trinajstić information content (AvgIpc) is 2.49. The Balaban J connectivity index is 2.21. The van der Waals surface area contributed by atoms with Crippen molar-refractivity contribution >= 4 is 24.1 Å². The van der Waals surface area contributed by atoms with E-state index in [-0.39, 0.29) is 10.8 Å². The van der Waals surface area contributed by atoms with Gasteiger partial charge >= 0.3 is 0 Å². The molecule has 5 heteroatoms. The van der Waals surface area contributed by atoms with Crippen molar-refractivity contribution in [3.05, 3.63) is 46.5 Å². The molecule has 0 fully saturated rings. The minimum absolute atomic E-state index is 0.146. The Hall–Kier alpha value is -1.30. The van der Waals surface area contributed by atoms with Gasteiger partial charge in [-0.25, -0.2) is 3.63 Å². The Bertz CT molecular complexity index is 761. The molecule has 0 radical (unpaired) electrons. The van der Waals surface area contributed by atoms with Crippen LogP contribution in [-0.2, 0) is 14.5 Å². The summed E-state index contributed by atoms with van der Waals surface area (Å²) in [4.78, 5) is 1.97. The van der Waals surface area contributed by atoms with Crippen molar-refractivity contribution in [2.24, 2.45) is 0 Å². The van der Waals surface area contributed by atoms with Gasteiger partial charge in [-0.15, -0.1) is 0 Å². The molecule has 2 aromatic carbocycles. The summed E-state index contributed by atoms with van der Waals surface area (Å²) < 4.78 is 5.85. The highest BCUT2D eigenvalue weighted by molar-refractivity contribution is 8.08. The van der Waals surface area contributed by atoms with E-state index in [1.807, 2.05) is 26.0 Å². The van der Waals surface area contributed by atoms with Crippen LogP contribution in [0, 0.1) is 13.8 Å². The van der Waals surface area contributed by atoms with Crippen LogP contribution < -0.4 is 0 Å². The molecule has 0 amide bonds. The second kappa shape index (κ2) is 7.98. The summed E-state index contributed by atoms with van der Waals surface area (Å²) in [5.74, 6) is 0.641. The fourth-order valence-corrected chi connectivity index (χ4v) is 4.94. The van der Waals surface area contributed by atoms with Gasteiger partial charge in [-0.1, -0.05) is 41.5 Å². The molecular formula is C22H30O3S2. The molecule has 2 rings (SSSR count). The van der Waals surface area contributed by atoms with Crippen LogP contribution in [0.3, 0.4) is 0 Å². The largest absolute Gasteiger partial charge is 0.508 e. The fraction of sp³-hybridized carbons (Fsp3) is 0.455. The normalized spacial score (nSPS) is 12.4. The lowest BCUT2D eigenvalue weighted by Crippen LogP contribution is -2.14. The number of phenols is 2. The number of hydrogen-bond donors (Lipinski definition) is 2. The van der Waals surface area contributed by atoms with Gasteiger partial charge in [0.1, 0.15) is 11.5 Å². The van der Waals surface area contributed by atoms with Crippen LogP contribution in [0.1, 0.15) is 63.8 Å². The molecule has 2 aromatic rings. The lowest BCUT2D eigenvalue weighted by atomic mass is 9.83. The summed E-state index contributed by atoms with van der Waals surface area (Å²) in [6.07, 6.45) is 0. The average molecular weight is 407 g/mol. The Kier molecular flexibility index (Phi) is 6.50. The minimum atomic E-state index is -0.146. The Morgan fingerprint density at radius 3 is 1.30 bits per heavy atom. The highest BCUT2D eigenvalue weighted by atomic mass is 32.2. The third kappa shape index (κ3) is 4.95. The molecule has 0 bridgehead atoms. The first kappa shape index (κ1) is 22.0. The molecule has 0 atom stereocenters. The molecule has 0 aliphatic rings. The number of rotatable bonds is 4. The molecule has 148 valence electrons. The van der Waals surface area contributed by atoms with Gasteiger partial charge in [0.25, 0.3) is 0 Å². The van der Waals surface area contributed by atoms with E-state index in [2.05, 4.69) is 41.5 Å². The van der Waals surface area contributed by atoms with Gasteiger partial charge in [0, 0.05) is 45.0 Å². The molecule has 0 aliphatic carbocycles. The molecular weight excluding hydrogens is 376 g/mol. The summed E-state index contributed by atoms with van der Waals surface area (Å²) >= 11 is 2.59. The van der Waals surface area contributed by atoms with Crippen LogP contribution in [-0.4, -0.2) is 10.2 Å². The summed E-state index contributed by atoms with van der Waals surface area (Å²) in [7, 11) is 0. The molecule has 0 aliphatic heterocycles. The zero-order valence-corrected chi connectivity index (χ0v) is 19.1. The number of phenolic OH excluding ortho intramolecular Hbond substituents is 2. The van der Waals surface area contributed by atoms with Gasteiger partial charge in [0.05, 0.1) is 0 Å². The van der Waals surface area contributed by atoms with Crippen molar-refractivity contribution in [2.45, 2.75) is 76.0 Å². The van der Waals surface area contributed by atoms with Crippen LogP contribution >= 0.6 is 24.1 Å². The van der Waals surface area contributed by atoms with Gasteiger partial charge in [-0.05, 0) is 60.1 Å². The monoisotopic (exact) mass is 406 g/mol. The van der Waals surface area contributed by atoms with Crippen molar-refractivity contribution in [1.29, 1.82) is 0 Å². The van der Waals surface area contributed by atoms with Crippen molar-refractivity contribution in [3.63, 3.8) is 0 Å². The maximum Gasteiger partial charge on any atom is 0.119 e. The molecule has 0 spiro atoms. The van der Waals surface area contributed by atoms with E-state index in [1.165, 1.54) is 24.1 Å². The lowest BCUT2D eigenvalue weighted by molar-refractivity contribution is 0.443. The van der Waals surface area contributed by atoms with Gasteiger partial charge in [-0.2, -0.15) is 0 Å². The zero-order valence-electron chi connectivity index (χ0n) is 17.4. The molecule has 0 saturated heterocycles. The van der Waals surface area contributed by atoms with E-state index in [1.54, 1.807) is 12.1 Å². The second-order valence-electron chi connectivity index (χ2n) is 8.90. The lowest BCUT2D eigenvalue weighted by Gasteiger charge is -2.25. The Labute approximate surface area is 172 Å². The van der Waals surface area contributed by atoms with Crippen LogP contribution in [0.4, 0.5) is 0 Å². The summed E-state index contributed by atoms with van der Waals surface area (Å²) in [6, 6.07) is 7.23. The topological polar surface area (TPSA) is 49.7 Å². The number of benzene rings is 2. The molecule has 0 heterocycles. The smallest absolute Gasteiger partial charge is 0.119 e. The van der Waals surface area contributed by atoms with E-state index in [0.29, 0.717) is 11.5 Å². The van der Waals surface area contributed by atoms with Gasteiger partial charge in [0.15, 0.2) is 0 Å². The molecule has 0 saturated carbocycles.